The summed E-state index contributed by atoms with van der Waals surface area (Å²) in [6.07, 6.45) is -2.18. The molecule has 0 unspecified atom stereocenters. The minimum absolute atomic E-state index is 0.0175. The maximum absolute atomic E-state index is 13.1. The SMILES string of the molecule is O=C1c2ncn([C@@H]3O[C@H](CO)[C@@H](O)[C@H]3O)c2N[C@H]2N[C@]3(CCCC[C@@H]3P(=O)(O)O)NN12. The zero-order valence-corrected chi connectivity index (χ0v) is 17.2. The van der Waals surface area contributed by atoms with Crippen molar-refractivity contribution < 1.29 is 39.2 Å². The Balaban J connectivity index is 1.45. The number of imidazole rings is 1. The van der Waals surface area contributed by atoms with E-state index in [1.54, 1.807) is 0 Å². The number of anilines is 1. The molecule has 3 fully saturated rings. The monoisotopic (exact) mass is 460 g/mol. The smallest absolute Gasteiger partial charge is 0.331 e. The number of nitrogens with one attached hydrogen (secondary N) is 3. The average molecular weight is 460 g/mol. The molecular weight excluding hydrogens is 435 g/mol. The van der Waals surface area contributed by atoms with Gasteiger partial charge in [-0.15, -0.1) is 0 Å². The van der Waals surface area contributed by atoms with E-state index >= 15 is 0 Å². The molecule has 7 atom stereocenters. The van der Waals surface area contributed by atoms with Gasteiger partial charge in [0.15, 0.2) is 18.2 Å². The van der Waals surface area contributed by atoms with E-state index in [0.717, 1.165) is 6.42 Å². The van der Waals surface area contributed by atoms with Gasteiger partial charge in [-0.25, -0.2) is 15.4 Å². The molecular formula is C16H25N6O8P. The Kier molecular flexibility index (Phi) is 4.93. The Morgan fingerprint density at radius 2 is 2.06 bits per heavy atom. The van der Waals surface area contributed by atoms with Crippen molar-refractivity contribution >= 4 is 19.3 Å². The number of hydrogen-bond acceptors (Lipinski definition) is 10. The maximum atomic E-state index is 13.1. The molecule has 31 heavy (non-hydrogen) atoms. The summed E-state index contributed by atoms with van der Waals surface area (Å²) in [6.45, 7) is -0.494. The van der Waals surface area contributed by atoms with Crippen LogP contribution in [0.25, 0.3) is 0 Å². The highest BCUT2D eigenvalue weighted by Crippen LogP contribution is 2.53. The summed E-state index contributed by atoms with van der Waals surface area (Å²) in [5, 5.41) is 37.1. The number of hydrazine groups is 1. The van der Waals surface area contributed by atoms with Gasteiger partial charge < -0.3 is 35.2 Å². The van der Waals surface area contributed by atoms with E-state index in [0.29, 0.717) is 19.3 Å². The summed E-state index contributed by atoms with van der Waals surface area (Å²) in [6, 6.07) is 0. The van der Waals surface area contributed by atoms with E-state index in [1.807, 2.05) is 0 Å². The van der Waals surface area contributed by atoms with E-state index in [2.05, 4.69) is 21.0 Å². The number of amides is 1. The standard InChI is InChI=1S/C16H25N6O8P/c23-5-7-10(24)11(25)14(30-7)21-6-17-9-12(21)18-15-19-16(20-22(15)13(9)26)4-2-1-3-8(16)31(27,28)29/h6-8,10-11,14-15,18-20,23-25H,1-5H2,(H2,27,28,29)/t7-,8+,10-,11-,14-,15+,16-/m1/s1. The lowest BCUT2D eigenvalue weighted by molar-refractivity contribution is -0.0520. The van der Waals surface area contributed by atoms with Crippen molar-refractivity contribution in [2.24, 2.45) is 0 Å². The molecule has 2 saturated heterocycles. The van der Waals surface area contributed by atoms with Crippen LogP contribution in [0.5, 0.6) is 0 Å². The first kappa shape index (κ1) is 21.2. The van der Waals surface area contributed by atoms with E-state index in [1.165, 1.54) is 15.9 Å². The molecule has 1 aromatic heterocycles. The lowest BCUT2D eigenvalue weighted by Gasteiger charge is -2.40. The predicted octanol–water partition coefficient (Wildman–Crippen LogP) is -2.43. The molecule has 172 valence electrons. The van der Waals surface area contributed by atoms with Crippen molar-refractivity contribution in [3.63, 3.8) is 0 Å². The topological polar surface area (TPSA) is 202 Å². The quantitative estimate of drug-likeness (QED) is 0.222. The number of nitrogens with zero attached hydrogens (tertiary/aromatic N) is 3. The van der Waals surface area contributed by atoms with E-state index in [-0.39, 0.29) is 11.5 Å². The van der Waals surface area contributed by atoms with Crippen LogP contribution in [0.4, 0.5) is 5.82 Å². The summed E-state index contributed by atoms with van der Waals surface area (Å²) in [7, 11) is -4.46. The summed E-state index contributed by atoms with van der Waals surface area (Å²) < 4.78 is 19.0. The van der Waals surface area contributed by atoms with Crippen molar-refractivity contribution in [3.8, 4) is 0 Å². The van der Waals surface area contributed by atoms with Crippen LogP contribution in [0.1, 0.15) is 42.4 Å². The lowest BCUT2D eigenvalue weighted by Crippen LogP contribution is -2.61. The maximum Gasteiger partial charge on any atom is 0.331 e. The molecule has 0 bridgehead atoms. The number of rotatable bonds is 3. The van der Waals surface area contributed by atoms with E-state index in [4.69, 9.17) is 4.74 Å². The first-order valence-electron chi connectivity index (χ1n) is 10.1. The molecule has 0 aromatic carbocycles. The number of hydrogen-bond donors (Lipinski definition) is 8. The van der Waals surface area contributed by atoms with Crippen LogP contribution in [0.15, 0.2) is 6.33 Å². The second-order valence-electron chi connectivity index (χ2n) is 8.38. The van der Waals surface area contributed by atoms with Gasteiger partial charge in [0, 0.05) is 0 Å². The Morgan fingerprint density at radius 3 is 2.74 bits per heavy atom. The van der Waals surface area contributed by atoms with Crippen molar-refractivity contribution in [1.82, 2.24) is 25.3 Å². The number of aliphatic hydroxyl groups is 3. The lowest BCUT2D eigenvalue weighted by atomic mass is 9.89. The van der Waals surface area contributed by atoms with Gasteiger partial charge in [-0.2, -0.15) is 0 Å². The van der Waals surface area contributed by atoms with Crippen LogP contribution in [0.3, 0.4) is 0 Å². The number of aromatic nitrogens is 2. The number of ether oxygens (including phenoxy) is 1. The molecule has 1 saturated carbocycles. The molecule has 3 aliphatic heterocycles. The fraction of sp³-hybridized carbons (Fsp3) is 0.750. The third-order valence-corrected chi connectivity index (χ3v) is 8.04. The predicted molar refractivity (Wildman–Crippen MR) is 102 cm³/mol. The van der Waals surface area contributed by atoms with E-state index in [9.17, 15) is 34.5 Å². The number of aliphatic hydroxyl groups excluding tert-OH is 3. The summed E-state index contributed by atoms with van der Waals surface area (Å²) in [4.78, 5) is 37.0. The van der Waals surface area contributed by atoms with Gasteiger partial charge in [0.25, 0.3) is 5.91 Å². The number of fused-ring (bicyclic) bond motifs is 2. The summed E-state index contributed by atoms with van der Waals surface area (Å²) in [5.41, 5.74) is 0.822. The second kappa shape index (κ2) is 7.20. The fourth-order valence-corrected chi connectivity index (χ4v) is 6.36. The van der Waals surface area contributed by atoms with Gasteiger partial charge in [0.2, 0.25) is 0 Å². The number of carbonyl (C=O) groups excluding carboxylic acids is 1. The fourth-order valence-electron chi connectivity index (χ4n) is 5.00. The minimum atomic E-state index is -4.46. The first-order chi connectivity index (χ1) is 14.7. The van der Waals surface area contributed by atoms with Crippen molar-refractivity contribution in [2.45, 2.75) is 67.8 Å². The Bertz CT molecular complexity index is 939. The van der Waals surface area contributed by atoms with E-state index < -0.39 is 62.3 Å². The molecule has 1 spiro atoms. The zero-order valence-electron chi connectivity index (χ0n) is 16.3. The normalized spacial score (nSPS) is 40.2. The molecule has 1 amide bonds. The minimum Gasteiger partial charge on any atom is -0.394 e. The highest BCUT2D eigenvalue weighted by Gasteiger charge is 2.58. The van der Waals surface area contributed by atoms with Gasteiger partial charge >= 0.3 is 7.60 Å². The Morgan fingerprint density at radius 1 is 1.29 bits per heavy atom. The summed E-state index contributed by atoms with van der Waals surface area (Å²) >= 11 is 0. The van der Waals surface area contributed by atoms with Crippen molar-refractivity contribution in [3.05, 3.63) is 12.0 Å². The molecule has 4 heterocycles. The van der Waals surface area contributed by atoms with Crippen LogP contribution in [-0.2, 0) is 9.30 Å². The first-order valence-corrected chi connectivity index (χ1v) is 11.7. The van der Waals surface area contributed by atoms with Crippen LogP contribution in [0, 0.1) is 0 Å². The van der Waals surface area contributed by atoms with Gasteiger partial charge in [-0.3, -0.25) is 19.2 Å². The third kappa shape index (κ3) is 3.14. The van der Waals surface area contributed by atoms with Gasteiger partial charge in [0.05, 0.1) is 18.6 Å². The zero-order chi connectivity index (χ0) is 22.1. The highest BCUT2D eigenvalue weighted by atomic mass is 31.2. The van der Waals surface area contributed by atoms with Crippen LogP contribution >= 0.6 is 7.60 Å². The van der Waals surface area contributed by atoms with Crippen molar-refractivity contribution in [1.29, 1.82) is 0 Å². The Hall–Kier alpha value is -1.61. The molecule has 0 radical (unpaired) electrons. The Labute approximate surface area is 176 Å². The van der Waals surface area contributed by atoms with Crippen LogP contribution in [0.2, 0.25) is 0 Å². The second-order valence-corrected chi connectivity index (χ2v) is 10.2. The molecule has 8 N–H and O–H groups in total. The summed E-state index contributed by atoms with van der Waals surface area (Å²) in [5.74, 6) is -0.306. The largest absolute Gasteiger partial charge is 0.394 e. The molecule has 1 aromatic rings. The van der Waals surface area contributed by atoms with Crippen LogP contribution in [-0.4, -0.2) is 88.1 Å². The third-order valence-electron chi connectivity index (χ3n) is 6.53. The van der Waals surface area contributed by atoms with Gasteiger partial charge in [-0.1, -0.05) is 12.8 Å². The molecule has 5 rings (SSSR count). The molecule has 1 aliphatic carbocycles. The van der Waals surface area contributed by atoms with Crippen molar-refractivity contribution in [2.75, 3.05) is 11.9 Å². The van der Waals surface area contributed by atoms with Gasteiger partial charge in [-0.05, 0) is 12.8 Å². The molecule has 15 heteroatoms. The molecule has 4 aliphatic rings. The average Bonchev–Trinajstić information content (AvgIpc) is 3.37. The van der Waals surface area contributed by atoms with Gasteiger partial charge in [0.1, 0.15) is 29.8 Å². The molecule has 14 nitrogen and oxygen atoms in total. The van der Waals surface area contributed by atoms with Crippen LogP contribution < -0.4 is 16.1 Å². The highest BCUT2D eigenvalue weighted by molar-refractivity contribution is 7.52. The number of carbonyl (C=O) groups is 1.